The lowest BCUT2D eigenvalue weighted by molar-refractivity contribution is -0.127. The van der Waals surface area contributed by atoms with Gasteiger partial charge in [0.05, 0.1) is 23.5 Å². The zero-order valence-electron chi connectivity index (χ0n) is 20.2. The highest BCUT2D eigenvalue weighted by Gasteiger charge is 2.28. The van der Waals surface area contributed by atoms with E-state index in [0.717, 1.165) is 42.8 Å². The summed E-state index contributed by atoms with van der Waals surface area (Å²) in [7, 11) is 1.78. The highest BCUT2D eigenvalue weighted by Crippen LogP contribution is 2.26. The maximum Gasteiger partial charge on any atom is 0.240 e. The normalized spacial score (nSPS) is 12.6. The lowest BCUT2D eigenvalue weighted by Gasteiger charge is -2.26. The van der Waals surface area contributed by atoms with Gasteiger partial charge in [-0.05, 0) is 50.6 Å². The van der Waals surface area contributed by atoms with Crippen LogP contribution in [-0.4, -0.2) is 34.2 Å². The molecule has 2 aromatic carbocycles. The third-order valence-corrected chi connectivity index (χ3v) is 6.33. The van der Waals surface area contributed by atoms with Gasteiger partial charge in [-0.2, -0.15) is 0 Å². The standard InChI is InChI=1S/C27H36N4O2/c1-5-22(32)13-7-6-8-14-23(31-26(33)27(2,3)28-4)25-29-18-24(30-25)21-16-15-19-11-9-10-12-20(19)17-21/h9-12,15-18,23,28H,5-8,13-14H2,1-4H3,(H,29,30)(H,31,33)/t23-/m0/s1. The van der Waals surface area contributed by atoms with Crippen LogP contribution in [0.5, 0.6) is 0 Å². The van der Waals surface area contributed by atoms with E-state index >= 15 is 0 Å². The Bertz CT molecular complexity index is 1090. The number of hydrogen-bond donors (Lipinski definition) is 3. The fourth-order valence-electron chi connectivity index (χ4n) is 3.77. The number of unbranched alkanes of at least 4 members (excludes halogenated alkanes) is 2. The summed E-state index contributed by atoms with van der Waals surface area (Å²) in [5.74, 6) is 0.990. The average molecular weight is 449 g/mol. The van der Waals surface area contributed by atoms with E-state index in [-0.39, 0.29) is 11.9 Å². The van der Waals surface area contributed by atoms with E-state index < -0.39 is 5.54 Å². The summed E-state index contributed by atoms with van der Waals surface area (Å²) in [5, 5.41) is 8.60. The molecule has 6 nitrogen and oxygen atoms in total. The van der Waals surface area contributed by atoms with E-state index in [0.29, 0.717) is 18.6 Å². The zero-order valence-corrected chi connectivity index (χ0v) is 20.2. The van der Waals surface area contributed by atoms with Crippen molar-refractivity contribution in [2.75, 3.05) is 7.05 Å². The van der Waals surface area contributed by atoms with Gasteiger partial charge in [0.1, 0.15) is 11.6 Å². The topological polar surface area (TPSA) is 86.9 Å². The van der Waals surface area contributed by atoms with Crippen LogP contribution in [-0.2, 0) is 9.59 Å². The molecule has 0 fully saturated rings. The van der Waals surface area contributed by atoms with Crippen LogP contribution >= 0.6 is 0 Å². The predicted molar refractivity (Wildman–Crippen MR) is 134 cm³/mol. The fraction of sp³-hybridized carbons (Fsp3) is 0.444. The minimum Gasteiger partial charge on any atom is -0.345 e. The quantitative estimate of drug-likeness (QED) is 0.328. The number of nitrogens with one attached hydrogen (secondary N) is 3. The van der Waals surface area contributed by atoms with E-state index in [1.54, 1.807) is 7.05 Å². The van der Waals surface area contributed by atoms with Gasteiger partial charge >= 0.3 is 0 Å². The van der Waals surface area contributed by atoms with Gasteiger partial charge in [-0.15, -0.1) is 0 Å². The van der Waals surface area contributed by atoms with Gasteiger partial charge in [0.2, 0.25) is 5.91 Å². The molecule has 0 radical (unpaired) electrons. The smallest absolute Gasteiger partial charge is 0.240 e. The Labute approximate surface area is 196 Å². The van der Waals surface area contributed by atoms with E-state index in [4.69, 9.17) is 0 Å². The molecular weight excluding hydrogens is 412 g/mol. The van der Waals surface area contributed by atoms with E-state index in [9.17, 15) is 9.59 Å². The summed E-state index contributed by atoms with van der Waals surface area (Å²) < 4.78 is 0. The predicted octanol–water partition coefficient (Wildman–Crippen LogP) is 5.31. The largest absolute Gasteiger partial charge is 0.345 e. The molecule has 33 heavy (non-hydrogen) atoms. The number of nitrogens with zero attached hydrogens (tertiary/aromatic N) is 1. The van der Waals surface area contributed by atoms with Crippen LogP contribution in [0.25, 0.3) is 22.0 Å². The Morgan fingerprint density at radius 3 is 2.55 bits per heavy atom. The van der Waals surface area contributed by atoms with Crippen LogP contribution in [0, 0.1) is 0 Å². The van der Waals surface area contributed by atoms with Crippen molar-refractivity contribution >= 4 is 22.5 Å². The highest BCUT2D eigenvalue weighted by molar-refractivity contribution is 5.87. The van der Waals surface area contributed by atoms with Gasteiger partial charge in [0.15, 0.2) is 0 Å². The monoisotopic (exact) mass is 448 g/mol. The molecule has 0 bridgehead atoms. The Hall–Kier alpha value is -2.99. The average Bonchev–Trinajstić information content (AvgIpc) is 3.32. The van der Waals surface area contributed by atoms with Gasteiger partial charge in [0.25, 0.3) is 0 Å². The number of fused-ring (bicyclic) bond motifs is 1. The molecule has 0 aliphatic carbocycles. The maximum absolute atomic E-state index is 12.9. The molecule has 6 heteroatoms. The van der Waals surface area contributed by atoms with Gasteiger partial charge < -0.3 is 15.6 Å². The van der Waals surface area contributed by atoms with Crippen LogP contribution in [0.4, 0.5) is 0 Å². The van der Waals surface area contributed by atoms with Crippen molar-refractivity contribution in [2.45, 2.75) is 70.9 Å². The first-order valence-electron chi connectivity index (χ1n) is 11.9. The lowest BCUT2D eigenvalue weighted by atomic mass is 10.0. The number of imidazole rings is 1. The number of Topliss-reactive ketones (excluding diaryl/α,β-unsaturated/α-hetero) is 1. The number of carbonyl (C=O) groups is 2. The Balaban J connectivity index is 1.75. The van der Waals surface area contributed by atoms with Crippen molar-refractivity contribution in [3.8, 4) is 11.3 Å². The third-order valence-electron chi connectivity index (χ3n) is 6.33. The summed E-state index contributed by atoms with van der Waals surface area (Å²) in [6.07, 6.45) is 6.57. The van der Waals surface area contributed by atoms with Crippen LogP contribution in [0.3, 0.4) is 0 Å². The van der Waals surface area contributed by atoms with Crippen molar-refractivity contribution in [1.82, 2.24) is 20.6 Å². The molecule has 0 aliphatic rings. The van der Waals surface area contributed by atoms with Gasteiger partial charge in [-0.1, -0.05) is 56.2 Å². The van der Waals surface area contributed by atoms with E-state index in [1.165, 1.54) is 10.8 Å². The molecule has 176 valence electrons. The highest BCUT2D eigenvalue weighted by atomic mass is 16.2. The van der Waals surface area contributed by atoms with Gasteiger partial charge in [-0.25, -0.2) is 4.98 Å². The van der Waals surface area contributed by atoms with Gasteiger partial charge in [0, 0.05) is 18.4 Å². The summed E-state index contributed by atoms with van der Waals surface area (Å²) in [6.45, 7) is 5.62. The Kier molecular flexibility index (Phi) is 8.39. The number of carbonyl (C=O) groups excluding carboxylic acids is 2. The molecule has 0 saturated carbocycles. The molecule has 1 aromatic heterocycles. The molecule has 3 N–H and O–H groups in total. The molecule has 1 heterocycles. The zero-order chi connectivity index (χ0) is 23.8. The molecular formula is C27H36N4O2. The van der Waals surface area contributed by atoms with Crippen LogP contribution in [0.15, 0.2) is 48.7 Å². The second kappa shape index (κ2) is 11.2. The van der Waals surface area contributed by atoms with Crippen LogP contribution < -0.4 is 10.6 Å². The molecule has 0 spiro atoms. The van der Waals surface area contributed by atoms with Crippen molar-refractivity contribution in [2.24, 2.45) is 0 Å². The fourth-order valence-corrected chi connectivity index (χ4v) is 3.77. The van der Waals surface area contributed by atoms with Crippen molar-refractivity contribution in [1.29, 1.82) is 0 Å². The first kappa shape index (κ1) is 24.6. The summed E-state index contributed by atoms with van der Waals surface area (Å²) in [6, 6.07) is 14.4. The number of H-pyrrole nitrogens is 1. The Morgan fingerprint density at radius 1 is 1.06 bits per heavy atom. The maximum atomic E-state index is 12.9. The van der Waals surface area contributed by atoms with Crippen LogP contribution in [0.1, 0.15) is 71.2 Å². The Morgan fingerprint density at radius 2 is 1.82 bits per heavy atom. The molecule has 3 aromatic rings. The molecule has 0 aliphatic heterocycles. The second-order valence-corrected chi connectivity index (χ2v) is 9.14. The second-order valence-electron chi connectivity index (χ2n) is 9.14. The van der Waals surface area contributed by atoms with E-state index in [2.05, 4.69) is 50.9 Å². The minimum absolute atomic E-state index is 0.0696. The molecule has 0 unspecified atom stereocenters. The summed E-state index contributed by atoms with van der Waals surface area (Å²) >= 11 is 0. The number of aromatic amines is 1. The SMILES string of the molecule is CCC(=O)CCCCC[C@H](NC(=O)C(C)(C)NC)c1ncc(-c2ccc3ccccc3c2)[nH]1. The lowest BCUT2D eigenvalue weighted by Crippen LogP contribution is -2.52. The van der Waals surface area contributed by atoms with Crippen molar-refractivity contribution in [3.05, 3.63) is 54.5 Å². The number of ketones is 1. The van der Waals surface area contributed by atoms with Crippen molar-refractivity contribution in [3.63, 3.8) is 0 Å². The molecule has 3 rings (SSSR count). The molecule has 0 saturated heterocycles. The number of hydrogen-bond acceptors (Lipinski definition) is 4. The summed E-state index contributed by atoms with van der Waals surface area (Å²) in [5.41, 5.74) is 1.31. The molecule has 1 atom stereocenters. The summed E-state index contributed by atoms with van der Waals surface area (Å²) in [4.78, 5) is 32.5. The van der Waals surface area contributed by atoms with Crippen molar-refractivity contribution < 1.29 is 9.59 Å². The first-order valence-corrected chi connectivity index (χ1v) is 11.9. The third kappa shape index (κ3) is 6.51. The number of benzene rings is 2. The van der Waals surface area contributed by atoms with E-state index in [1.807, 2.05) is 39.1 Å². The minimum atomic E-state index is -0.681. The van der Waals surface area contributed by atoms with Crippen LogP contribution in [0.2, 0.25) is 0 Å². The number of rotatable bonds is 12. The van der Waals surface area contributed by atoms with Gasteiger partial charge in [-0.3, -0.25) is 9.59 Å². The molecule has 1 amide bonds. The number of aromatic nitrogens is 2. The number of amides is 1. The number of likely N-dealkylation sites (N-methyl/N-ethyl adjacent to an activating group) is 1. The first-order chi connectivity index (χ1) is 15.8.